The molecule has 9 aromatic rings. The minimum absolute atomic E-state index is 0.127. The molecule has 47 heavy (non-hydrogen) atoms. The minimum atomic E-state index is -0.127. The van der Waals surface area contributed by atoms with Gasteiger partial charge < -0.3 is 0 Å². The monoisotopic (exact) mass is 596 g/mol. The van der Waals surface area contributed by atoms with Gasteiger partial charge in [0.2, 0.25) is 0 Å². The van der Waals surface area contributed by atoms with E-state index in [9.17, 15) is 0 Å². The third-order valence-corrected chi connectivity index (χ3v) is 10.8. The van der Waals surface area contributed by atoms with E-state index in [1.165, 1.54) is 98.7 Å². The standard InChI is InChI=1S/C47H32/c1-47(2)43-27-35(38-13-6-5-12-37(38)34-17-14-29-8-3-4-9-33(29)26-34)20-23-40(43)41-24-21-36(28-44(41)47)39-22-18-32-16-15-30-10-7-11-31-19-25-42(39)46(32)45(30)31/h3-28H,1-2H3. The molecule has 0 nitrogen and oxygen atoms in total. The van der Waals surface area contributed by atoms with E-state index >= 15 is 0 Å². The fourth-order valence-electron chi connectivity index (χ4n) is 8.40. The maximum Gasteiger partial charge on any atom is 0.0159 e. The lowest BCUT2D eigenvalue weighted by molar-refractivity contribution is 0.661. The summed E-state index contributed by atoms with van der Waals surface area (Å²) in [6.45, 7) is 4.79. The van der Waals surface area contributed by atoms with Crippen LogP contribution in [-0.4, -0.2) is 0 Å². The van der Waals surface area contributed by atoms with Crippen LogP contribution in [-0.2, 0) is 5.41 Å². The molecule has 0 aromatic heterocycles. The van der Waals surface area contributed by atoms with Crippen molar-refractivity contribution in [2.75, 3.05) is 0 Å². The molecule has 0 heteroatoms. The van der Waals surface area contributed by atoms with Crippen LogP contribution in [0.3, 0.4) is 0 Å². The fourth-order valence-corrected chi connectivity index (χ4v) is 8.40. The van der Waals surface area contributed by atoms with Crippen LogP contribution in [0.4, 0.5) is 0 Å². The fraction of sp³-hybridized carbons (Fsp3) is 0.0638. The van der Waals surface area contributed by atoms with Crippen molar-refractivity contribution < 1.29 is 0 Å². The summed E-state index contributed by atoms with van der Waals surface area (Å²) in [5.41, 5.74) is 13.0. The lowest BCUT2D eigenvalue weighted by atomic mass is 9.80. The molecular formula is C47H32. The maximum absolute atomic E-state index is 2.46. The molecule has 0 atom stereocenters. The van der Waals surface area contributed by atoms with E-state index < -0.39 is 0 Å². The summed E-state index contributed by atoms with van der Waals surface area (Å²) in [4.78, 5) is 0. The quantitative estimate of drug-likeness (QED) is 0.178. The van der Waals surface area contributed by atoms with Gasteiger partial charge in [0.25, 0.3) is 0 Å². The van der Waals surface area contributed by atoms with Gasteiger partial charge in [-0.1, -0.05) is 153 Å². The Morgan fingerprint density at radius 2 is 0.787 bits per heavy atom. The van der Waals surface area contributed by atoms with Gasteiger partial charge >= 0.3 is 0 Å². The molecule has 0 fully saturated rings. The summed E-state index contributed by atoms with van der Waals surface area (Å²) in [7, 11) is 0. The smallest absolute Gasteiger partial charge is 0.0159 e. The Balaban J connectivity index is 1.09. The summed E-state index contributed by atoms with van der Waals surface area (Å²) >= 11 is 0. The van der Waals surface area contributed by atoms with Crippen molar-refractivity contribution in [1.29, 1.82) is 0 Å². The van der Waals surface area contributed by atoms with Gasteiger partial charge in [-0.05, 0) is 117 Å². The lowest BCUT2D eigenvalue weighted by Crippen LogP contribution is -2.15. The first-order chi connectivity index (χ1) is 23.0. The van der Waals surface area contributed by atoms with Crippen LogP contribution in [0.2, 0.25) is 0 Å². The Labute approximate surface area is 274 Å². The van der Waals surface area contributed by atoms with Gasteiger partial charge in [-0.15, -0.1) is 0 Å². The maximum atomic E-state index is 2.46. The van der Waals surface area contributed by atoms with E-state index in [1.54, 1.807) is 0 Å². The molecule has 0 bridgehead atoms. The molecule has 0 amide bonds. The SMILES string of the molecule is CC1(C)c2cc(-c3ccccc3-c3ccc4ccccc4c3)ccc2-c2ccc(-c3ccc4ccc5cccc6ccc3c4c56)cc21. The van der Waals surface area contributed by atoms with E-state index in [0.29, 0.717) is 0 Å². The molecule has 0 N–H and O–H groups in total. The van der Waals surface area contributed by atoms with Gasteiger partial charge in [0, 0.05) is 5.41 Å². The summed E-state index contributed by atoms with van der Waals surface area (Å²) in [6, 6.07) is 58.9. The highest BCUT2D eigenvalue weighted by Gasteiger charge is 2.36. The van der Waals surface area contributed by atoms with Crippen molar-refractivity contribution >= 4 is 43.1 Å². The summed E-state index contributed by atoms with van der Waals surface area (Å²) in [5, 5.41) is 10.5. The van der Waals surface area contributed by atoms with E-state index in [0.717, 1.165) is 0 Å². The van der Waals surface area contributed by atoms with Crippen molar-refractivity contribution in [3.63, 3.8) is 0 Å². The van der Waals surface area contributed by atoms with Crippen molar-refractivity contribution in [2.45, 2.75) is 19.3 Å². The van der Waals surface area contributed by atoms with Crippen LogP contribution in [0.25, 0.3) is 87.6 Å². The normalized spacial score (nSPS) is 13.5. The second-order valence-corrected chi connectivity index (χ2v) is 13.7. The Kier molecular flexibility index (Phi) is 5.44. The van der Waals surface area contributed by atoms with E-state index in [-0.39, 0.29) is 5.41 Å². The molecule has 0 unspecified atom stereocenters. The largest absolute Gasteiger partial charge is 0.0616 e. The average Bonchev–Trinajstić information content (AvgIpc) is 3.35. The van der Waals surface area contributed by atoms with Crippen LogP contribution < -0.4 is 0 Å². The Morgan fingerprint density at radius 1 is 0.319 bits per heavy atom. The molecule has 220 valence electrons. The first-order valence-corrected chi connectivity index (χ1v) is 16.6. The molecule has 0 spiro atoms. The van der Waals surface area contributed by atoms with Crippen molar-refractivity contribution in [3.8, 4) is 44.5 Å². The van der Waals surface area contributed by atoms with Crippen molar-refractivity contribution in [1.82, 2.24) is 0 Å². The number of benzene rings is 9. The van der Waals surface area contributed by atoms with Crippen LogP contribution in [0, 0.1) is 0 Å². The zero-order chi connectivity index (χ0) is 31.3. The van der Waals surface area contributed by atoms with E-state index in [2.05, 4.69) is 172 Å². The zero-order valence-electron chi connectivity index (χ0n) is 26.5. The van der Waals surface area contributed by atoms with Gasteiger partial charge in [-0.25, -0.2) is 0 Å². The number of fused-ring (bicyclic) bond motifs is 4. The van der Waals surface area contributed by atoms with E-state index in [4.69, 9.17) is 0 Å². The van der Waals surface area contributed by atoms with Crippen LogP contribution in [0.5, 0.6) is 0 Å². The third kappa shape index (κ3) is 3.82. The van der Waals surface area contributed by atoms with Crippen LogP contribution >= 0.6 is 0 Å². The highest BCUT2D eigenvalue weighted by atomic mass is 14.4. The van der Waals surface area contributed by atoms with Crippen molar-refractivity contribution in [2.24, 2.45) is 0 Å². The second-order valence-electron chi connectivity index (χ2n) is 13.7. The summed E-state index contributed by atoms with van der Waals surface area (Å²) in [6.07, 6.45) is 0. The molecule has 9 aromatic carbocycles. The van der Waals surface area contributed by atoms with Crippen LogP contribution in [0.1, 0.15) is 25.0 Å². The van der Waals surface area contributed by atoms with Crippen LogP contribution in [0.15, 0.2) is 158 Å². The van der Waals surface area contributed by atoms with Gasteiger partial charge in [0.15, 0.2) is 0 Å². The van der Waals surface area contributed by atoms with E-state index in [1.807, 2.05) is 0 Å². The minimum Gasteiger partial charge on any atom is -0.0616 e. The molecule has 1 aliphatic carbocycles. The molecule has 0 saturated heterocycles. The average molecular weight is 597 g/mol. The molecule has 0 radical (unpaired) electrons. The topological polar surface area (TPSA) is 0 Å². The highest BCUT2D eigenvalue weighted by Crippen LogP contribution is 2.51. The Morgan fingerprint density at radius 3 is 1.49 bits per heavy atom. The molecule has 0 heterocycles. The molecule has 0 aliphatic heterocycles. The first kappa shape index (κ1) is 26.5. The third-order valence-electron chi connectivity index (χ3n) is 10.8. The molecule has 0 saturated carbocycles. The van der Waals surface area contributed by atoms with Crippen molar-refractivity contribution in [3.05, 3.63) is 169 Å². The summed E-state index contributed by atoms with van der Waals surface area (Å²) in [5.74, 6) is 0. The predicted molar refractivity (Wildman–Crippen MR) is 202 cm³/mol. The van der Waals surface area contributed by atoms with Gasteiger partial charge in [0.05, 0.1) is 0 Å². The predicted octanol–water partition coefficient (Wildman–Crippen LogP) is 13.0. The second kappa shape index (κ2) is 9.64. The lowest BCUT2D eigenvalue weighted by Gasteiger charge is -2.23. The number of rotatable bonds is 3. The molecular weight excluding hydrogens is 565 g/mol. The highest BCUT2D eigenvalue weighted by molar-refractivity contribution is 6.25. The zero-order valence-corrected chi connectivity index (χ0v) is 26.5. The Hall–Kier alpha value is -5.72. The number of hydrogen-bond donors (Lipinski definition) is 0. The van der Waals surface area contributed by atoms with Gasteiger partial charge in [-0.3, -0.25) is 0 Å². The van der Waals surface area contributed by atoms with Gasteiger partial charge in [-0.2, -0.15) is 0 Å². The molecule has 1 aliphatic rings. The first-order valence-electron chi connectivity index (χ1n) is 16.6. The molecule has 10 rings (SSSR count). The number of hydrogen-bond acceptors (Lipinski definition) is 0. The summed E-state index contributed by atoms with van der Waals surface area (Å²) < 4.78 is 0. The Bertz CT molecular complexity index is 2690. The van der Waals surface area contributed by atoms with Gasteiger partial charge in [0.1, 0.15) is 0 Å².